The Morgan fingerprint density at radius 3 is 2.58 bits per heavy atom. The molecular weight excluding hydrogens is 336 g/mol. The summed E-state index contributed by atoms with van der Waals surface area (Å²) >= 11 is 5.79. The lowest BCUT2D eigenvalue weighted by Crippen LogP contribution is -2.30. The highest BCUT2D eigenvalue weighted by molar-refractivity contribution is 6.30. The second-order valence-electron chi connectivity index (χ2n) is 4.85. The Bertz CT molecular complexity index is 794. The average Bonchev–Trinajstić information content (AvgIpc) is 2.54. The fourth-order valence-corrected chi connectivity index (χ4v) is 2.03. The molecule has 0 spiro atoms. The number of esters is 1. The van der Waals surface area contributed by atoms with Crippen molar-refractivity contribution >= 4 is 34.9 Å². The Morgan fingerprint density at radius 2 is 1.92 bits per heavy atom. The van der Waals surface area contributed by atoms with Crippen LogP contribution in [0.2, 0.25) is 5.02 Å². The lowest BCUT2D eigenvalue weighted by Gasteiger charge is -2.13. The van der Waals surface area contributed by atoms with Gasteiger partial charge in [-0.1, -0.05) is 23.7 Å². The van der Waals surface area contributed by atoms with Crippen LogP contribution >= 0.6 is 11.6 Å². The SMILES string of the molecule is C[C@@H](OC(=O)c1cccc(Cl)c1)C(=O)Nc1cccc([N+](=O)[O-])c1. The highest BCUT2D eigenvalue weighted by Crippen LogP contribution is 2.18. The Labute approximate surface area is 142 Å². The van der Waals surface area contributed by atoms with E-state index in [9.17, 15) is 19.7 Å². The first-order valence-corrected chi connectivity index (χ1v) is 7.26. The second kappa shape index (κ2) is 7.56. The molecule has 0 aliphatic carbocycles. The van der Waals surface area contributed by atoms with E-state index in [1.165, 1.54) is 43.3 Å². The minimum absolute atomic E-state index is 0.156. The van der Waals surface area contributed by atoms with Crippen LogP contribution in [-0.4, -0.2) is 22.9 Å². The zero-order chi connectivity index (χ0) is 17.7. The van der Waals surface area contributed by atoms with E-state index in [-0.39, 0.29) is 16.9 Å². The molecule has 8 heteroatoms. The molecule has 0 aliphatic rings. The fraction of sp³-hybridized carbons (Fsp3) is 0.125. The van der Waals surface area contributed by atoms with Crippen molar-refractivity contribution in [2.75, 3.05) is 5.32 Å². The standard InChI is InChI=1S/C16H13ClN2O5/c1-10(24-16(21)11-4-2-5-12(17)8-11)15(20)18-13-6-3-7-14(9-13)19(22)23/h2-10H,1H3,(H,18,20)/t10-/m1/s1. The first-order chi connectivity index (χ1) is 11.4. The Kier molecular flexibility index (Phi) is 5.49. The predicted molar refractivity (Wildman–Crippen MR) is 88.1 cm³/mol. The second-order valence-corrected chi connectivity index (χ2v) is 5.29. The summed E-state index contributed by atoms with van der Waals surface area (Å²) in [4.78, 5) is 34.1. The van der Waals surface area contributed by atoms with Crippen molar-refractivity contribution < 1.29 is 19.2 Å². The number of nitrogens with one attached hydrogen (secondary N) is 1. The van der Waals surface area contributed by atoms with E-state index in [4.69, 9.17) is 16.3 Å². The molecule has 2 aromatic rings. The molecule has 1 N–H and O–H groups in total. The van der Waals surface area contributed by atoms with Gasteiger partial charge in [0.25, 0.3) is 11.6 Å². The molecule has 0 saturated carbocycles. The summed E-state index contributed by atoms with van der Waals surface area (Å²) in [5, 5.41) is 13.5. The summed E-state index contributed by atoms with van der Waals surface area (Å²) in [6.45, 7) is 1.40. The van der Waals surface area contributed by atoms with Gasteiger partial charge in [-0.05, 0) is 31.2 Å². The highest BCUT2D eigenvalue weighted by atomic mass is 35.5. The van der Waals surface area contributed by atoms with Crippen molar-refractivity contribution in [2.45, 2.75) is 13.0 Å². The van der Waals surface area contributed by atoms with Gasteiger partial charge in [-0.15, -0.1) is 0 Å². The number of nitro benzene ring substituents is 1. The molecule has 0 saturated heterocycles. The molecule has 0 radical (unpaired) electrons. The molecule has 2 aromatic carbocycles. The summed E-state index contributed by atoms with van der Waals surface area (Å²) in [7, 11) is 0. The maximum atomic E-state index is 12.0. The number of nitro groups is 1. The third kappa shape index (κ3) is 4.53. The third-order valence-corrected chi connectivity index (χ3v) is 3.27. The summed E-state index contributed by atoms with van der Waals surface area (Å²) in [6, 6.07) is 11.6. The number of hydrogen-bond acceptors (Lipinski definition) is 5. The first-order valence-electron chi connectivity index (χ1n) is 6.88. The van der Waals surface area contributed by atoms with Gasteiger partial charge in [-0.3, -0.25) is 14.9 Å². The number of nitrogens with zero attached hydrogens (tertiary/aromatic N) is 1. The molecule has 0 unspecified atom stereocenters. The van der Waals surface area contributed by atoms with Gasteiger partial charge in [0.2, 0.25) is 0 Å². The molecule has 7 nitrogen and oxygen atoms in total. The number of anilines is 1. The molecule has 0 aliphatic heterocycles. The number of non-ortho nitro benzene ring substituents is 1. The van der Waals surface area contributed by atoms with Crippen LogP contribution in [0.15, 0.2) is 48.5 Å². The van der Waals surface area contributed by atoms with Crippen LogP contribution in [0.1, 0.15) is 17.3 Å². The van der Waals surface area contributed by atoms with Crippen molar-refractivity contribution in [3.05, 3.63) is 69.2 Å². The molecule has 0 aromatic heterocycles. The minimum atomic E-state index is -1.09. The zero-order valence-corrected chi connectivity index (χ0v) is 13.3. The van der Waals surface area contributed by atoms with Crippen LogP contribution in [0.4, 0.5) is 11.4 Å². The molecule has 1 amide bonds. The van der Waals surface area contributed by atoms with Gasteiger partial charge in [0.15, 0.2) is 6.10 Å². The van der Waals surface area contributed by atoms with E-state index in [0.717, 1.165) is 0 Å². The number of carbonyl (C=O) groups is 2. The predicted octanol–water partition coefficient (Wildman–Crippen LogP) is 3.43. The third-order valence-electron chi connectivity index (χ3n) is 3.04. The maximum absolute atomic E-state index is 12.0. The van der Waals surface area contributed by atoms with E-state index in [1.807, 2.05) is 0 Å². The Morgan fingerprint density at radius 1 is 1.21 bits per heavy atom. The van der Waals surface area contributed by atoms with E-state index >= 15 is 0 Å². The van der Waals surface area contributed by atoms with Crippen molar-refractivity contribution in [3.8, 4) is 0 Å². The van der Waals surface area contributed by atoms with Crippen molar-refractivity contribution in [1.82, 2.24) is 0 Å². The summed E-state index contributed by atoms with van der Waals surface area (Å²) in [5.41, 5.74) is 0.300. The van der Waals surface area contributed by atoms with Gasteiger partial charge in [0.05, 0.1) is 10.5 Å². The monoisotopic (exact) mass is 348 g/mol. The number of carbonyl (C=O) groups excluding carboxylic acids is 2. The number of halogens is 1. The van der Waals surface area contributed by atoms with Crippen LogP contribution in [0.25, 0.3) is 0 Å². The lowest BCUT2D eigenvalue weighted by atomic mass is 10.2. The molecule has 0 heterocycles. The lowest BCUT2D eigenvalue weighted by molar-refractivity contribution is -0.384. The molecule has 24 heavy (non-hydrogen) atoms. The van der Waals surface area contributed by atoms with E-state index in [2.05, 4.69) is 5.32 Å². The number of ether oxygens (including phenoxy) is 1. The van der Waals surface area contributed by atoms with Gasteiger partial charge in [-0.2, -0.15) is 0 Å². The Hall–Kier alpha value is -2.93. The number of benzene rings is 2. The van der Waals surface area contributed by atoms with Crippen molar-refractivity contribution in [2.24, 2.45) is 0 Å². The van der Waals surface area contributed by atoms with Gasteiger partial charge < -0.3 is 10.1 Å². The zero-order valence-electron chi connectivity index (χ0n) is 12.6. The van der Waals surface area contributed by atoms with Gasteiger partial charge in [0.1, 0.15) is 0 Å². The van der Waals surface area contributed by atoms with Gasteiger partial charge in [-0.25, -0.2) is 4.79 Å². The molecule has 1 atom stereocenters. The number of rotatable bonds is 5. The first kappa shape index (κ1) is 17.4. The van der Waals surface area contributed by atoms with E-state index in [1.54, 1.807) is 12.1 Å². The molecule has 2 rings (SSSR count). The summed E-state index contributed by atoms with van der Waals surface area (Å²) in [6.07, 6.45) is -1.09. The van der Waals surface area contributed by atoms with Crippen molar-refractivity contribution in [3.63, 3.8) is 0 Å². The topological polar surface area (TPSA) is 98.5 Å². The van der Waals surface area contributed by atoms with E-state index < -0.39 is 22.9 Å². The van der Waals surface area contributed by atoms with Crippen molar-refractivity contribution in [1.29, 1.82) is 0 Å². The largest absolute Gasteiger partial charge is 0.449 e. The summed E-state index contributed by atoms with van der Waals surface area (Å²) < 4.78 is 5.06. The molecule has 124 valence electrons. The Balaban J connectivity index is 2.01. The number of amides is 1. The van der Waals surface area contributed by atoms with Gasteiger partial charge >= 0.3 is 5.97 Å². The number of hydrogen-bond donors (Lipinski definition) is 1. The fourth-order valence-electron chi connectivity index (χ4n) is 1.84. The highest BCUT2D eigenvalue weighted by Gasteiger charge is 2.19. The minimum Gasteiger partial charge on any atom is -0.449 e. The van der Waals surface area contributed by atoms with Crippen LogP contribution in [0.3, 0.4) is 0 Å². The summed E-state index contributed by atoms with van der Waals surface area (Å²) in [5.74, 6) is -1.30. The maximum Gasteiger partial charge on any atom is 0.338 e. The van der Waals surface area contributed by atoms with Crippen LogP contribution in [0, 0.1) is 10.1 Å². The van der Waals surface area contributed by atoms with Crippen LogP contribution in [0.5, 0.6) is 0 Å². The van der Waals surface area contributed by atoms with Gasteiger partial charge in [0, 0.05) is 22.8 Å². The molecule has 0 bridgehead atoms. The normalized spacial score (nSPS) is 11.4. The van der Waals surface area contributed by atoms with Crippen LogP contribution < -0.4 is 5.32 Å². The average molecular weight is 349 g/mol. The quantitative estimate of drug-likeness (QED) is 0.507. The molecule has 0 fully saturated rings. The molecular formula is C16H13ClN2O5. The smallest absolute Gasteiger partial charge is 0.338 e. The van der Waals surface area contributed by atoms with Crippen LogP contribution in [-0.2, 0) is 9.53 Å². The van der Waals surface area contributed by atoms with E-state index in [0.29, 0.717) is 5.02 Å².